The summed E-state index contributed by atoms with van der Waals surface area (Å²) in [6.45, 7) is 1.83. The van der Waals surface area contributed by atoms with Gasteiger partial charge >= 0.3 is 0 Å². The van der Waals surface area contributed by atoms with Crippen molar-refractivity contribution in [3.05, 3.63) is 32.5 Å². The van der Waals surface area contributed by atoms with Crippen molar-refractivity contribution in [2.24, 2.45) is 0 Å². The molecule has 0 saturated carbocycles. The normalized spacial score (nSPS) is 10.9. The number of hydrogen-bond donors (Lipinski definition) is 0. The standard InChI is InChI=1S/C9H6FIS/c1-5-8-6(11)3-2-4-7(8)12-9(5)10/h2-4H,1H3. The van der Waals surface area contributed by atoms with Crippen molar-refractivity contribution >= 4 is 44.0 Å². The van der Waals surface area contributed by atoms with Crippen LogP contribution >= 0.6 is 33.9 Å². The summed E-state index contributed by atoms with van der Waals surface area (Å²) >= 11 is 3.46. The van der Waals surface area contributed by atoms with Gasteiger partial charge in [-0.3, -0.25) is 0 Å². The van der Waals surface area contributed by atoms with Gasteiger partial charge in [-0.05, 0) is 41.6 Å². The fraction of sp³-hybridized carbons (Fsp3) is 0.111. The number of aryl methyl sites for hydroxylation is 1. The average molecular weight is 292 g/mol. The van der Waals surface area contributed by atoms with E-state index in [1.807, 2.05) is 25.1 Å². The van der Waals surface area contributed by atoms with Crippen molar-refractivity contribution in [1.29, 1.82) is 0 Å². The molecule has 1 aromatic heterocycles. The van der Waals surface area contributed by atoms with Gasteiger partial charge < -0.3 is 0 Å². The zero-order valence-electron chi connectivity index (χ0n) is 6.40. The summed E-state index contributed by atoms with van der Waals surface area (Å²) in [5, 5.41) is 1.01. The highest BCUT2D eigenvalue weighted by molar-refractivity contribution is 14.1. The molecule has 0 amide bonds. The molecule has 0 fully saturated rings. The lowest BCUT2D eigenvalue weighted by molar-refractivity contribution is 0.650. The van der Waals surface area contributed by atoms with Gasteiger partial charge in [-0.2, -0.15) is 4.39 Å². The molecule has 0 nitrogen and oxygen atoms in total. The van der Waals surface area contributed by atoms with Crippen LogP contribution in [0.5, 0.6) is 0 Å². The second-order valence-electron chi connectivity index (χ2n) is 2.61. The van der Waals surface area contributed by atoms with Gasteiger partial charge in [-0.15, -0.1) is 11.3 Å². The molecular formula is C9H6FIS. The summed E-state index contributed by atoms with van der Waals surface area (Å²) in [5.74, 6) is 0. The van der Waals surface area contributed by atoms with E-state index in [2.05, 4.69) is 22.6 Å². The van der Waals surface area contributed by atoms with Gasteiger partial charge in [0.15, 0.2) is 5.13 Å². The molecule has 62 valence electrons. The van der Waals surface area contributed by atoms with E-state index in [4.69, 9.17) is 0 Å². The molecule has 0 aliphatic rings. The zero-order chi connectivity index (χ0) is 8.72. The number of halogens is 2. The number of hydrogen-bond acceptors (Lipinski definition) is 1. The monoisotopic (exact) mass is 292 g/mol. The second kappa shape index (κ2) is 2.96. The van der Waals surface area contributed by atoms with Crippen molar-refractivity contribution in [2.45, 2.75) is 6.92 Å². The first-order valence-electron chi connectivity index (χ1n) is 3.53. The minimum atomic E-state index is -0.0610. The zero-order valence-corrected chi connectivity index (χ0v) is 9.37. The molecule has 0 aliphatic carbocycles. The van der Waals surface area contributed by atoms with E-state index in [9.17, 15) is 4.39 Å². The molecule has 0 N–H and O–H groups in total. The molecule has 3 heteroatoms. The predicted octanol–water partition coefficient (Wildman–Crippen LogP) is 3.95. The minimum absolute atomic E-state index is 0.0610. The van der Waals surface area contributed by atoms with Crippen LogP contribution in [0, 0.1) is 15.6 Å². The van der Waals surface area contributed by atoms with Crippen molar-refractivity contribution in [3.8, 4) is 0 Å². The van der Waals surface area contributed by atoms with Crippen LogP contribution in [0.4, 0.5) is 4.39 Å². The lowest BCUT2D eigenvalue weighted by atomic mass is 10.2. The van der Waals surface area contributed by atoms with E-state index < -0.39 is 0 Å². The molecule has 0 radical (unpaired) electrons. The van der Waals surface area contributed by atoms with Crippen LogP contribution < -0.4 is 0 Å². The maximum Gasteiger partial charge on any atom is 0.180 e. The van der Waals surface area contributed by atoms with Crippen LogP contribution in [-0.2, 0) is 0 Å². The van der Waals surface area contributed by atoms with Crippen LogP contribution in [0.3, 0.4) is 0 Å². The Balaban J connectivity index is 2.97. The first kappa shape index (κ1) is 8.44. The van der Waals surface area contributed by atoms with Crippen LogP contribution in [0.1, 0.15) is 5.56 Å². The smallest absolute Gasteiger partial charge is 0.180 e. The van der Waals surface area contributed by atoms with Gasteiger partial charge in [-0.25, -0.2) is 0 Å². The molecular weight excluding hydrogens is 286 g/mol. The van der Waals surface area contributed by atoms with Gasteiger partial charge in [0.05, 0.1) is 0 Å². The number of rotatable bonds is 0. The van der Waals surface area contributed by atoms with E-state index in [-0.39, 0.29) is 5.13 Å². The predicted molar refractivity (Wildman–Crippen MR) is 59.2 cm³/mol. The van der Waals surface area contributed by atoms with Crippen molar-refractivity contribution < 1.29 is 4.39 Å². The molecule has 0 atom stereocenters. The summed E-state index contributed by atoms with van der Waals surface area (Å²) in [4.78, 5) is 0. The number of thiophene rings is 1. The Kier molecular flexibility index (Phi) is 2.08. The maximum atomic E-state index is 13.1. The summed E-state index contributed by atoms with van der Waals surface area (Å²) in [5.41, 5.74) is 0.778. The molecule has 0 saturated heterocycles. The molecule has 12 heavy (non-hydrogen) atoms. The van der Waals surface area contributed by atoms with E-state index in [0.717, 1.165) is 19.2 Å². The van der Waals surface area contributed by atoms with Crippen LogP contribution in [0.15, 0.2) is 18.2 Å². The van der Waals surface area contributed by atoms with Crippen molar-refractivity contribution in [1.82, 2.24) is 0 Å². The van der Waals surface area contributed by atoms with Crippen molar-refractivity contribution in [3.63, 3.8) is 0 Å². The average Bonchev–Trinajstić information content (AvgIpc) is 2.29. The van der Waals surface area contributed by atoms with E-state index in [1.54, 1.807) is 0 Å². The van der Waals surface area contributed by atoms with Crippen LogP contribution in [-0.4, -0.2) is 0 Å². The lowest BCUT2D eigenvalue weighted by Gasteiger charge is -1.93. The lowest BCUT2D eigenvalue weighted by Crippen LogP contribution is -1.75. The third-order valence-electron chi connectivity index (χ3n) is 1.84. The van der Waals surface area contributed by atoms with Gasteiger partial charge in [0.25, 0.3) is 0 Å². The number of fused-ring (bicyclic) bond motifs is 1. The van der Waals surface area contributed by atoms with E-state index in [0.29, 0.717) is 0 Å². The van der Waals surface area contributed by atoms with Gasteiger partial charge in [0.1, 0.15) is 0 Å². The summed E-state index contributed by atoms with van der Waals surface area (Å²) in [6.07, 6.45) is 0. The molecule has 0 bridgehead atoms. The van der Waals surface area contributed by atoms with Crippen LogP contribution in [0.25, 0.3) is 10.1 Å². The molecule has 0 spiro atoms. The number of benzene rings is 1. The third kappa shape index (κ3) is 1.15. The highest BCUT2D eigenvalue weighted by Gasteiger charge is 2.09. The Bertz CT molecular complexity index is 433. The molecule has 2 rings (SSSR count). The van der Waals surface area contributed by atoms with Gasteiger partial charge in [-0.1, -0.05) is 6.07 Å². The minimum Gasteiger partial charge on any atom is -0.195 e. The van der Waals surface area contributed by atoms with Crippen LogP contribution in [0.2, 0.25) is 0 Å². The Hall–Kier alpha value is -0.160. The molecule has 0 aliphatic heterocycles. The Morgan fingerprint density at radius 1 is 1.42 bits per heavy atom. The SMILES string of the molecule is Cc1c(F)sc2cccc(I)c12. The summed E-state index contributed by atoms with van der Waals surface area (Å²) in [6, 6.07) is 5.92. The maximum absolute atomic E-state index is 13.1. The fourth-order valence-electron chi connectivity index (χ4n) is 1.22. The Morgan fingerprint density at radius 2 is 2.17 bits per heavy atom. The van der Waals surface area contributed by atoms with E-state index >= 15 is 0 Å². The summed E-state index contributed by atoms with van der Waals surface area (Å²) < 4.78 is 15.3. The van der Waals surface area contributed by atoms with Crippen molar-refractivity contribution in [2.75, 3.05) is 0 Å². The Labute approximate surface area is 87.5 Å². The molecule has 2 aromatic rings. The molecule has 1 aromatic carbocycles. The highest BCUT2D eigenvalue weighted by Crippen LogP contribution is 2.32. The largest absolute Gasteiger partial charge is 0.195 e. The van der Waals surface area contributed by atoms with Gasteiger partial charge in [0, 0.05) is 19.2 Å². The quantitative estimate of drug-likeness (QED) is 0.645. The van der Waals surface area contributed by atoms with Gasteiger partial charge in [0.2, 0.25) is 0 Å². The second-order valence-corrected chi connectivity index (χ2v) is 4.78. The first-order valence-corrected chi connectivity index (χ1v) is 5.43. The fourth-order valence-corrected chi connectivity index (χ4v) is 3.27. The van der Waals surface area contributed by atoms with E-state index in [1.165, 1.54) is 11.3 Å². The Morgan fingerprint density at radius 3 is 2.83 bits per heavy atom. The summed E-state index contributed by atoms with van der Waals surface area (Å²) in [7, 11) is 0. The first-order chi connectivity index (χ1) is 5.70. The highest BCUT2D eigenvalue weighted by atomic mass is 127. The molecule has 1 heterocycles. The third-order valence-corrected chi connectivity index (χ3v) is 3.79. The molecule has 0 unspecified atom stereocenters. The topological polar surface area (TPSA) is 0 Å².